The monoisotopic (exact) mass is 372 g/mol. The van der Waals surface area contributed by atoms with E-state index in [1.165, 1.54) is 13.2 Å². The Morgan fingerprint density at radius 1 is 1.00 bits per heavy atom. The van der Waals surface area contributed by atoms with Crippen LogP contribution in [0.25, 0.3) is 11.1 Å². The Morgan fingerprint density at radius 3 is 2.41 bits per heavy atom. The van der Waals surface area contributed by atoms with Gasteiger partial charge in [-0.05, 0) is 34.9 Å². The molecule has 0 atom stereocenters. The number of methoxy groups -OCH3 is 1. The predicted octanol–water partition coefficient (Wildman–Crippen LogP) is 2.82. The molecule has 3 rings (SSSR count). The molecule has 6 nitrogen and oxygen atoms in total. The number of nitrogens with one attached hydrogen (secondary N) is 1. The Labute approximate surface area is 154 Å². The van der Waals surface area contributed by atoms with E-state index in [4.69, 9.17) is 9.84 Å². The molecule has 1 aromatic carbocycles. The molecule has 0 aliphatic heterocycles. The maximum absolute atomic E-state index is 13.6. The van der Waals surface area contributed by atoms with Crippen LogP contribution in [-0.4, -0.2) is 40.3 Å². The van der Waals surface area contributed by atoms with Crippen molar-refractivity contribution in [3.8, 4) is 17.0 Å². The number of hydrogen-bond acceptors (Lipinski definition) is 6. The van der Waals surface area contributed by atoms with E-state index in [9.17, 15) is 8.78 Å². The van der Waals surface area contributed by atoms with Crippen LogP contribution in [-0.2, 0) is 6.42 Å². The van der Waals surface area contributed by atoms with Crippen LogP contribution < -0.4 is 10.1 Å². The van der Waals surface area contributed by atoms with Crippen LogP contribution in [0.3, 0.4) is 0 Å². The molecule has 0 aliphatic rings. The van der Waals surface area contributed by atoms with Gasteiger partial charge in [0.1, 0.15) is 0 Å². The number of rotatable bonds is 7. The van der Waals surface area contributed by atoms with Gasteiger partial charge in [0.25, 0.3) is 0 Å². The molecule has 0 fully saturated rings. The van der Waals surface area contributed by atoms with E-state index < -0.39 is 11.6 Å². The van der Waals surface area contributed by atoms with Gasteiger partial charge in [0.2, 0.25) is 11.8 Å². The smallest absolute Gasteiger partial charge is 0.222 e. The molecule has 2 N–H and O–H groups in total. The quantitative estimate of drug-likeness (QED) is 0.664. The lowest BCUT2D eigenvalue weighted by molar-refractivity contribution is 0.311. The van der Waals surface area contributed by atoms with E-state index in [0.29, 0.717) is 35.9 Å². The van der Waals surface area contributed by atoms with Crippen molar-refractivity contribution in [2.24, 2.45) is 0 Å². The Hall–Kier alpha value is -3.13. The molecule has 0 bridgehead atoms. The van der Waals surface area contributed by atoms with E-state index >= 15 is 0 Å². The number of benzene rings is 1. The van der Waals surface area contributed by atoms with Crippen LogP contribution in [0.1, 0.15) is 11.1 Å². The molecule has 3 aromatic rings. The molecule has 0 aliphatic carbocycles. The standard InChI is InChI=1S/C19H18F2N4O2/c1-27-18-15(14-2-3-16(20)17(21)8-14)7-12(9-23-18)6-13-10-24-19(25-11-13)22-4-5-26/h2-3,7-11,26H,4-6H2,1H3,(H,22,24,25). The number of ether oxygens (including phenoxy) is 1. The van der Waals surface area contributed by atoms with Gasteiger partial charge in [-0.3, -0.25) is 0 Å². The van der Waals surface area contributed by atoms with Gasteiger partial charge in [-0.2, -0.15) is 0 Å². The number of anilines is 1. The van der Waals surface area contributed by atoms with Crippen molar-refractivity contribution < 1.29 is 18.6 Å². The van der Waals surface area contributed by atoms with Crippen molar-refractivity contribution in [3.63, 3.8) is 0 Å². The van der Waals surface area contributed by atoms with E-state index in [2.05, 4.69) is 20.3 Å². The topological polar surface area (TPSA) is 80.2 Å². The first-order chi connectivity index (χ1) is 13.1. The summed E-state index contributed by atoms with van der Waals surface area (Å²) in [6, 6.07) is 5.48. The number of aliphatic hydroxyl groups excluding tert-OH is 1. The van der Waals surface area contributed by atoms with E-state index in [1.54, 1.807) is 18.6 Å². The van der Waals surface area contributed by atoms with E-state index in [0.717, 1.165) is 23.3 Å². The van der Waals surface area contributed by atoms with Crippen LogP contribution in [0, 0.1) is 11.6 Å². The lowest BCUT2D eigenvalue weighted by Crippen LogP contribution is -2.08. The minimum absolute atomic E-state index is 0.00458. The van der Waals surface area contributed by atoms with Gasteiger partial charge in [0, 0.05) is 37.1 Å². The van der Waals surface area contributed by atoms with Gasteiger partial charge in [-0.25, -0.2) is 23.7 Å². The molecule has 8 heteroatoms. The van der Waals surface area contributed by atoms with Gasteiger partial charge in [-0.1, -0.05) is 6.07 Å². The summed E-state index contributed by atoms with van der Waals surface area (Å²) in [4.78, 5) is 12.6. The van der Waals surface area contributed by atoms with Gasteiger partial charge in [0.15, 0.2) is 11.6 Å². The maximum atomic E-state index is 13.6. The Balaban J connectivity index is 1.85. The van der Waals surface area contributed by atoms with Gasteiger partial charge < -0.3 is 15.2 Å². The van der Waals surface area contributed by atoms with E-state index in [1.807, 2.05) is 6.07 Å². The summed E-state index contributed by atoms with van der Waals surface area (Å²) < 4.78 is 32.1. The third kappa shape index (κ3) is 4.53. The Bertz CT molecular complexity index is 920. The molecule has 0 spiro atoms. The normalized spacial score (nSPS) is 10.7. The Kier molecular flexibility index (Phi) is 5.87. The largest absolute Gasteiger partial charge is 0.481 e. The van der Waals surface area contributed by atoms with Crippen molar-refractivity contribution in [1.82, 2.24) is 15.0 Å². The molecule has 2 heterocycles. The van der Waals surface area contributed by atoms with Crippen LogP contribution in [0.15, 0.2) is 42.9 Å². The van der Waals surface area contributed by atoms with Crippen molar-refractivity contribution >= 4 is 5.95 Å². The highest BCUT2D eigenvalue weighted by atomic mass is 19.2. The van der Waals surface area contributed by atoms with Crippen LogP contribution in [0.4, 0.5) is 14.7 Å². The lowest BCUT2D eigenvalue weighted by atomic mass is 10.0. The summed E-state index contributed by atoms with van der Waals surface area (Å²) in [5.41, 5.74) is 2.74. The zero-order valence-electron chi connectivity index (χ0n) is 14.6. The summed E-state index contributed by atoms with van der Waals surface area (Å²) in [6.07, 6.45) is 5.51. The number of hydrogen-bond donors (Lipinski definition) is 2. The average Bonchev–Trinajstić information content (AvgIpc) is 2.69. The van der Waals surface area contributed by atoms with E-state index in [-0.39, 0.29) is 6.61 Å². The molecule has 27 heavy (non-hydrogen) atoms. The van der Waals surface area contributed by atoms with Gasteiger partial charge in [0.05, 0.1) is 13.7 Å². The molecule has 2 aromatic heterocycles. The summed E-state index contributed by atoms with van der Waals surface area (Å²) in [5.74, 6) is -1.08. The first kappa shape index (κ1) is 18.7. The zero-order valence-corrected chi connectivity index (χ0v) is 14.6. The lowest BCUT2D eigenvalue weighted by Gasteiger charge is -2.11. The fraction of sp³-hybridized carbons (Fsp3) is 0.211. The second-order valence-electron chi connectivity index (χ2n) is 5.77. The molecule has 0 saturated heterocycles. The third-order valence-corrected chi connectivity index (χ3v) is 3.84. The number of halogens is 2. The SMILES string of the molecule is COc1ncc(Cc2cnc(NCCO)nc2)cc1-c1ccc(F)c(F)c1. The van der Waals surface area contributed by atoms with Gasteiger partial charge >= 0.3 is 0 Å². The fourth-order valence-corrected chi connectivity index (χ4v) is 2.57. The summed E-state index contributed by atoms with van der Waals surface area (Å²) in [6.45, 7) is 0.370. The van der Waals surface area contributed by atoms with Crippen molar-refractivity contribution in [2.75, 3.05) is 25.6 Å². The maximum Gasteiger partial charge on any atom is 0.222 e. The predicted molar refractivity (Wildman–Crippen MR) is 96.6 cm³/mol. The highest BCUT2D eigenvalue weighted by molar-refractivity contribution is 5.69. The number of aliphatic hydroxyl groups is 1. The average molecular weight is 372 g/mol. The molecule has 0 saturated carbocycles. The Morgan fingerprint density at radius 2 is 1.74 bits per heavy atom. The van der Waals surface area contributed by atoms with Crippen LogP contribution >= 0.6 is 0 Å². The van der Waals surface area contributed by atoms with Gasteiger partial charge in [-0.15, -0.1) is 0 Å². The minimum Gasteiger partial charge on any atom is -0.481 e. The fourth-order valence-electron chi connectivity index (χ4n) is 2.57. The second kappa shape index (κ2) is 8.50. The summed E-state index contributed by atoms with van der Waals surface area (Å²) >= 11 is 0. The zero-order chi connectivity index (χ0) is 19.2. The van der Waals surface area contributed by atoms with Crippen molar-refractivity contribution in [2.45, 2.75) is 6.42 Å². The van der Waals surface area contributed by atoms with Crippen molar-refractivity contribution in [1.29, 1.82) is 0 Å². The second-order valence-corrected chi connectivity index (χ2v) is 5.77. The molecular formula is C19H18F2N4O2. The molecular weight excluding hydrogens is 354 g/mol. The first-order valence-electron chi connectivity index (χ1n) is 8.24. The van der Waals surface area contributed by atoms with Crippen molar-refractivity contribution in [3.05, 3.63) is 65.6 Å². The number of aromatic nitrogens is 3. The highest BCUT2D eigenvalue weighted by Crippen LogP contribution is 2.30. The minimum atomic E-state index is -0.931. The summed E-state index contributed by atoms with van der Waals surface area (Å²) in [7, 11) is 1.47. The first-order valence-corrected chi connectivity index (χ1v) is 8.24. The molecule has 0 radical (unpaired) electrons. The number of pyridine rings is 1. The third-order valence-electron chi connectivity index (χ3n) is 3.84. The van der Waals surface area contributed by atoms with Crippen LogP contribution in [0.2, 0.25) is 0 Å². The molecule has 140 valence electrons. The molecule has 0 amide bonds. The summed E-state index contributed by atoms with van der Waals surface area (Å²) in [5, 5.41) is 11.7. The number of nitrogens with zero attached hydrogens (tertiary/aromatic N) is 3. The van der Waals surface area contributed by atoms with Crippen LogP contribution in [0.5, 0.6) is 5.88 Å². The highest BCUT2D eigenvalue weighted by Gasteiger charge is 2.12. The molecule has 0 unspecified atom stereocenters.